The minimum Gasteiger partial charge on any atom is -0.395 e. The summed E-state index contributed by atoms with van der Waals surface area (Å²) in [6.45, 7) is 12.3. The lowest BCUT2D eigenvalue weighted by Gasteiger charge is -2.23. The molecule has 0 atom stereocenters. The van der Waals surface area contributed by atoms with Gasteiger partial charge in [-0.1, -0.05) is 68.4 Å². The molecule has 0 aliphatic heterocycles. The van der Waals surface area contributed by atoms with Crippen LogP contribution in [0.2, 0.25) is 0 Å². The molecule has 39 heavy (non-hydrogen) atoms. The molecule has 9 heteroatoms. The number of amides is 1. The summed E-state index contributed by atoms with van der Waals surface area (Å²) in [7, 11) is 1.50. The summed E-state index contributed by atoms with van der Waals surface area (Å²) in [6, 6.07) is 22.5. The Labute approximate surface area is 236 Å². The number of hydrogen-bond donors (Lipinski definition) is 4. The quantitative estimate of drug-likeness (QED) is 0.141. The maximum absolute atomic E-state index is 12.1. The van der Waals surface area contributed by atoms with Crippen molar-refractivity contribution in [1.29, 1.82) is 0 Å². The number of fused-ring (bicyclic) bond motifs is 1. The van der Waals surface area contributed by atoms with E-state index in [-0.39, 0.29) is 12.3 Å². The third-order valence-electron chi connectivity index (χ3n) is 5.51. The lowest BCUT2D eigenvalue weighted by Crippen LogP contribution is -2.30. The standard InChI is InChI=1S/C28H34N4O2S.CH5N.CH2O/c1-20(2)17-32(14-15-33)18-21-8-10-23(11-9-21)27(26(30-3)28(29)34)35-19-31-25-13-12-22-6-4-5-7-24(22)16-25;2*1-2/h4-13,16,20,31,33H,3,14-15,17-19H2,1-2H3,(H2,29,34);2H2,1H3;1H2/b27-26-;;. The number of nitrogens with two attached hydrogens (primary N) is 2. The Morgan fingerprint density at radius 2 is 1.69 bits per heavy atom. The maximum atomic E-state index is 12.1. The van der Waals surface area contributed by atoms with E-state index in [1.807, 2.05) is 49.3 Å². The number of rotatable bonds is 13. The van der Waals surface area contributed by atoms with Gasteiger partial charge in [-0.25, -0.2) is 0 Å². The highest BCUT2D eigenvalue weighted by atomic mass is 32.2. The SMILES string of the molecule is C=N/C(C(N)=O)=C(\SCNc1ccc2ccccc2c1)c1ccc(CN(CCO)CC(C)C)cc1.C=O.CN. The van der Waals surface area contributed by atoms with Crippen molar-refractivity contribution in [2.75, 3.05) is 37.9 Å². The minimum absolute atomic E-state index is 0.130. The van der Waals surface area contributed by atoms with Crippen LogP contribution >= 0.6 is 11.8 Å². The van der Waals surface area contributed by atoms with E-state index in [4.69, 9.17) is 10.5 Å². The number of carbonyl (C=O) groups is 2. The monoisotopic (exact) mass is 551 g/mol. The Morgan fingerprint density at radius 1 is 1.05 bits per heavy atom. The van der Waals surface area contributed by atoms with E-state index >= 15 is 0 Å². The molecule has 3 rings (SSSR count). The normalized spacial score (nSPS) is 11.2. The summed E-state index contributed by atoms with van der Waals surface area (Å²) in [5.41, 5.74) is 13.3. The van der Waals surface area contributed by atoms with Gasteiger partial charge < -0.3 is 26.7 Å². The van der Waals surface area contributed by atoms with Crippen molar-refractivity contribution in [3.8, 4) is 0 Å². The molecule has 0 bridgehead atoms. The molecule has 8 nitrogen and oxygen atoms in total. The van der Waals surface area contributed by atoms with Gasteiger partial charge in [-0.3, -0.25) is 14.7 Å². The van der Waals surface area contributed by atoms with Crippen LogP contribution in [0.25, 0.3) is 15.7 Å². The molecule has 0 fully saturated rings. The Morgan fingerprint density at radius 3 is 2.26 bits per heavy atom. The molecule has 0 aliphatic rings. The van der Waals surface area contributed by atoms with Gasteiger partial charge in [-0.05, 0) is 53.7 Å². The summed E-state index contributed by atoms with van der Waals surface area (Å²) >= 11 is 1.46. The second kappa shape index (κ2) is 18.7. The van der Waals surface area contributed by atoms with Crippen LogP contribution in [-0.4, -0.2) is 62.0 Å². The fraction of sp³-hybridized carbons (Fsp3) is 0.300. The van der Waals surface area contributed by atoms with Crippen molar-refractivity contribution in [2.45, 2.75) is 20.4 Å². The van der Waals surface area contributed by atoms with Gasteiger partial charge in [0.2, 0.25) is 0 Å². The van der Waals surface area contributed by atoms with Gasteiger partial charge >= 0.3 is 0 Å². The highest BCUT2D eigenvalue weighted by Gasteiger charge is 2.15. The zero-order valence-corrected chi connectivity index (χ0v) is 23.9. The van der Waals surface area contributed by atoms with Crippen molar-refractivity contribution < 1.29 is 14.7 Å². The topological polar surface area (TPSA) is 134 Å². The Bertz CT molecular complexity index is 1200. The summed E-state index contributed by atoms with van der Waals surface area (Å²) in [4.78, 5) is 26.9. The molecule has 0 spiro atoms. The van der Waals surface area contributed by atoms with Crippen molar-refractivity contribution in [3.63, 3.8) is 0 Å². The van der Waals surface area contributed by atoms with Crippen molar-refractivity contribution >= 4 is 52.5 Å². The second-order valence-corrected chi connectivity index (χ2v) is 9.76. The van der Waals surface area contributed by atoms with Crippen LogP contribution < -0.4 is 16.8 Å². The van der Waals surface area contributed by atoms with E-state index in [9.17, 15) is 9.90 Å². The third kappa shape index (κ3) is 11.0. The van der Waals surface area contributed by atoms with Gasteiger partial charge in [0.25, 0.3) is 5.91 Å². The maximum Gasteiger partial charge on any atom is 0.268 e. The molecule has 6 N–H and O–H groups in total. The van der Waals surface area contributed by atoms with Crippen LogP contribution in [0, 0.1) is 5.92 Å². The molecule has 3 aromatic carbocycles. The minimum atomic E-state index is -0.608. The number of primary amides is 1. The summed E-state index contributed by atoms with van der Waals surface area (Å²) in [5, 5.41) is 15.1. The van der Waals surface area contributed by atoms with E-state index in [1.54, 1.807) is 0 Å². The number of aliphatic hydroxyl groups is 1. The van der Waals surface area contributed by atoms with Gasteiger partial charge in [-0.2, -0.15) is 0 Å². The zero-order valence-electron chi connectivity index (χ0n) is 23.1. The number of thioether (sulfide) groups is 1. The van der Waals surface area contributed by atoms with Gasteiger partial charge in [0.1, 0.15) is 12.5 Å². The average molecular weight is 552 g/mol. The van der Waals surface area contributed by atoms with Crippen molar-refractivity contribution in [1.82, 2.24) is 4.90 Å². The highest BCUT2D eigenvalue weighted by Crippen LogP contribution is 2.32. The molecular weight excluding hydrogens is 510 g/mol. The van der Waals surface area contributed by atoms with E-state index in [2.05, 4.69) is 65.8 Å². The first-order chi connectivity index (χ1) is 18.9. The van der Waals surface area contributed by atoms with Gasteiger partial charge in [0, 0.05) is 30.2 Å². The van der Waals surface area contributed by atoms with Gasteiger partial charge in [-0.15, -0.1) is 11.8 Å². The van der Waals surface area contributed by atoms with Crippen molar-refractivity contribution in [3.05, 3.63) is 83.6 Å². The Kier molecular flexibility index (Phi) is 16.1. The summed E-state index contributed by atoms with van der Waals surface area (Å²) < 4.78 is 0. The van der Waals surface area contributed by atoms with Gasteiger partial charge in [0.15, 0.2) is 0 Å². The lowest BCUT2D eigenvalue weighted by atomic mass is 10.1. The van der Waals surface area contributed by atoms with E-state index < -0.39 is 5.91 Å². The van der Waals surface area contributed by atoms with Crippen LogP contribution in [0.3, 0.4) is 0 Å². The molecule has 0 saturated heterocycles. The molecular formula is C30H41N5O3S. The lowest BCUT2D eigenvalue weighted by molar-refractivity contribution is -0.114. The number of nitrogens with zero attached hydrogens (tertiary/aromatic N) is 2. The molecule has 0 saturated carbocycles. The number of aliphatic imine (C=N–C) groups is 1. The van der Waals surface area contributed by atoms with E-state index in [1.165, 1.54) is 24.2 Å². The third-order valence-corrected chi connectivity index (χ3v) is 6.52. The van der Waals surface area contributed by atoms with Crippen LogP contribution in [-0.2, 0) is 16.1 Å². The average Bonchev–Trinajstić information content (AvgIpc) is 2.95. The first-order valence-electron chi connectivity index (χ1n) is 12.6. The molecule has 3 aromatic rings. The van der Waals surface area contributed by atoms with Crippen LogP contribution in [0.15, 0.2) is 77.4 Å². The predicted octanol–water partition coefficient (Wildman–Crippen LogP) is 4.34. The molecule has 0 radical (unpaired) electrons. The van der Waals surface area contributed by atoms with E-state index in [0.717, 1.165) is 35.3 Å². The summed E-state index contributed by atoms with van der Waals surface area (Å²) in [6.07, 6.45) is 0. The number of benzene rings is 3. The van der Waals surface area contributed by atoms with Crippen LogP contribution in [0.1, 0.15) is 25.0 Å². The number of aliphatic hydroxyl groups excluding tert-OH is 1. The smallest absolute Gasteiger partial charge is 0.268 e. The first-order valence-corrected chi connectivity index (χ1v) is 13.5. The fourth-order valence-electron chi connectivity index (χ4n) is 3.95. The molecule has 1 amide bonds. The van der Waals surface area contributed by atoms with Crippen LogP contribution in [0.5, 0.6) is 0 Å². The second-order valence-electron chi connectivity index (χ2n) is 8.78. The Balaban J connectivity index is 0.00000181. The number of carbonyl (C=O) groups excluding carboxylic acids is 2. The number of anilines is 1. The largest absolute Gasteiger partial charge is 0.395 e. The Hall–Kier alpha value is -3.50. The number of hydrogen-bond acceptors (Lipinski definition) is 8. The van der Waals surface area contributed by atoms with E-state index in [0.29, 0.717) is 23.2 Å². The number of nitrogens with one attached hydrogen (secondary N) is 1. The fourth-order valence-corrected chi connectivity index (χ4v) is 4.94. The molecule has 0 unspecified atom stereocenters. The molecule has 0 aliphatic carbocycles. The molecule has 0 aromatic heterocycles. The zero-order chi connectivity index (χ0) is 29.2. The molecule has 0 heterocycles. The molecule has 210 valence electrons. The first kappa shape index (κ1) is 33.5. The van der Waals surface area contributed by atoms with Crippen LogP contribution in [0.4, 0.5) is 5.69 Å². The highest BCUT2D eigenvalue weighted by molar-refractivity contribution is 8.08. The van der Waals surface area contributed by atoms with Crippen molar-refractivity contribution in [2.24, 2.45) is 22.4 Å². The predicted molar refractivity (Wildman–Crippen MR) is 167 cm³/mol. The van der Waals surface area contributed by atoms with Gasteiger partial charge in [0.05, 0.1) is 12.5 Å². The summed E-state index contributed by atoms with van der Waals surface area (Å²) in [5.74, 6) is 0.433.